The molecule has 0 saturated carbocycles. The molecule has 2 aromatic carbocycles. The first-order valence-electron chi connectivity index (χ1n) is 7.94. The number of alkyl halides is 2. The number of hydrogen-bond acceptors (Lipinski definition) is 4. The molecule has 1 amide bonds. The summed E-state index contributed by atoms with van der Waals surface area (Å²) in [4.78, 5) is 23.7. The summed E-state index contributed by atoms with van der Waals surface area (Å²) in [6.07, 6.45) is 1.13. The molecule has 0 heterocycles. The van der Waals surface area contributed by atoms with Crippen molar-refractivity contribution >= 4 is 23.6 Å². The number of carbonyl (C=O) groups is 2. The molecular formula is C19H15F4NO4. The van der Waals surface area contributed by atoms with Crippen molar-refractivity contribution in [3.05, 3.63) is 65.7 Å². The zero-order chi connectivity index (χ0) is 20.7. The number of nitrogens with one attached hydrogen (secondary N) is 1. The molecule has 2 rings (SSSR count). The van der Waals surface area contributed by atoms with E-state index in [1.807, 2.05) is 0 Å². The largest absolute Gasteiger partial charge is 0.449 e. The molecule has 148 valence electrons. The van der Waals surface area contributed by atoms with E-state index in [9.17, 15) is 27.2 Å². The lowest BCUT2D eigenvalue weighted by molar-refractivity contribution is -0.148. The second kappa shape index (κ2) is 9.54. The van der Waals surface area contributed by atoms with Crippen molar-refractivity contribution in [2.24, 2.45) is 0 Å². The summed E-state index contributed by atoms with van der Waals surface area (Å²) in [5.41, 5.74) is 0.250. The molecule has 0 unspecified atom stereocenters. The van der Waals surface area contributed by atoms with Gasteiger partial charge in [-0.1, -0.05) is 12.1 Å². The lowest BCUT2D eigenvalue weighted by Crippen LogP contribution is -2.29. The number of anilines is 1. The monoisotopic (exact) mass is 397 g/mol. The van der Waals surface area contributed by atoms with Gasteiger partial charge in [0.1, 0.15) is 17.4 Å². The van der Waals surface area contributed by atoms with Crippen LogP contribution in [0.4, 0.5) is 23.2 Å². The minimum absolute atomic E-state index is 0.0342. The van der Waals surface area contributed by atoms with Gasteiger partial charge in [0.2, 0.25) is 0 Å². The minimum Gasteiger partial charge on any atom is -0.449 e. The summed E-state index contributed by atoms with van der Waals surface area (Å²) in [5.74, 6) is -3.45. The number of carbonyl (C=O) groups excluding carboxylic acids is 2. The molecule has 0 spiro atoms. The first kappa shape index (κ1) is 20.9. The maximum absolute atomic E-state index is 13.5. The number of benzene rings is 2. The van der Waals surface area contributed by atoms with E-state index in [4.69, 9.17) is 4.74 Å². The first-order valence-corrected chi connectivity index (χ1v) is 7.94. The van der Waals surface area contributed by atoms with E-state index in [0.29, 0.717) is 11.6 Å². The molecular weight excluding hydrogens is 382 g/mol. The predicted molar refractivity (Wildman–Crippen MR) is 92.6 cm³/mol. The van der Waals surface area contributed by atoms with E-state index in [-0.39, 0.29) is 11.4 Å². The van der Waals surface area contributed by atoms with Crippen LogP contribution in [-0.2, 0) is 14.3 Å². The van der Waals surface area contributed by atoms with Crippen LogP contribution in [0, 0.1) is 11.6 Å². The molecule has 0 radical (unpaired) electrons. The number of halogens is 4. The first-order chi connectivity index (χ1) is 13.2. The van der Waals surface area contributed by atoms with Gasteiger partial charge in [-0.3, -0.25) is 4.79 Å². The molecule has 9 heteroatoms. The van der Waals surface area contributed by atoms with E-state index < -0.39 is 36.2 Å². The molecule has 0 bridgehead atoms. The Morgan fingerprint density at radius 2 is 1.75 bits per heavy atom. The Balaban J connectivity index is 1.88. The Bertz CT molecular complexity index is 869. The Morgan fingerprint density at radius 3 is 2.36 bits per heavy atom. The lowest BCUT2D eigenvalue weighted by atomic mass is 10.2. The number of esters is 1. The fourth-order valence-electron chi connectivity index (χ4n) is 2.02. The zero-order valence-electron chi connectivity index (χ0n) is 14.5. The Morgan fingerprint density at radius 1 is 1.07 bits per heavy atom. The SMILES string of the molecule is C[C@H](OC(=O)/C=C/c1ccc(OC(F)F)cc1)C(=O)Nc1ccc(F)cc1F. The van der Waals surface area contributed by atoms with Crippen molar-refractivity contribution in [2.75, 3.05) is 5.32 Å². The molecule has 0 aromatic heterocycles. The van der Waals surface area contributed by atoms with Gasteiger partial charge in [0.25, 0.3) is 5.91 Å². The summed E-state index contributed by atoms with van der Waals surface area (Å²) in [7, 11) is 0. The molecule has 5 nitrogen and oxygen atoms in total. The van der Waals surface area contributed by atoms with Gasteiger partial charge in [0.05, 0.1) is 5.69 Å². The van der Waals surface area contributed by atoms with Crippen LogP contribution in [0.3, 0.4) is 0 Å². The summed E-state index contributed by atoms with van der Waals surface area (Å²) in [5, 5.41) is 2.18. The Hall–Kier alpha value is -3.36. The number of ether oxygens (including phenoxy) is 2. The number of amides is 1. The molecule has 0 aliphatic carbocycles. The van der Waals surface area contributed by atoms with Gasteiger partial charge in [-0.15, -0.1) is 0 Å². The van der Waals surface area contributed by atoms with Crippen LogP contribution in [0.25, 0.3) is 6.08 Å². The third kappa shape index (κ3) is 6.42. The zero-order valence-corrected chi connectivity index (χ0v) is 14.5. The number of rotatable bonds is 7. The third-order valence-electron chi connectivity index (χ3n) is 3.37. The average Bonchev–Trinajstić information content (AvgIpc) is 2.63. The quantitative estimate of drug-likeness (QED) is 0.433. The van der Waals surface area contributed by atoms with Crippen molar-refractivity contribution in [1.82, 2.24) is 0 Å². The predicted octanol–water partition coefficient (Wildman–Crippen LogP) is 4.15. The van der Waals surface area contributed by atoms with Crippen LogP contribution < -0.4 is 10.1 Å². The van der Waals surface area contributed by atoms with Crippen molar-refractivity contribution in [3.8, 4) is 5.75 Å². The normalized spacial score (nSPS) is 12.1. The summed E-state index contributed by atoms with van der Waals surface area (Å²) in [6, 6.07) is 8.08. The molecule has 0 saturated heterocycles. The van der Waals surface area contributed by atoms with E-state index in [1.165, 1.54) is 37.3 Å². The Labute approximate surface area is 157 Å². The highest BCUT2D eigenvalue weighted by Crippen LogP contribution is 2.17. The van der Waals surface area contributed by atoms with Crippen molar-refractivity contribution in [3.63, 3.8) is 0 Å². The summed E-state index contributed by atoms with van der Waals surface area (Å²) >= 11 is 0. The van der Waals surface area contributed by atoms with Crippen LogP contribution in [-0.4, -0.2) is 24.6 Å². The molecule has 0 aliphatic rings. The van der Waals surface area contributed by atoms with Crippen molar-refractivity contribution in [1.29, 1.82) is 0 Å². The molecule has 1 atom stereocenters. The summed E-state index contributed by atoms with van der Waals surface area (Å²) < 4.78 is 59.6. The number of hydrogen-bond donors (Lipinski definition) is 1. The van der Waals surface area contributed by atoms with Crippen molar-refractivity contribution < 1.29 is 36.6 Å². The highest BCUT2D eigenvalue weighted by atomic mass is 19.3. The highest BCUT2D eigenvalue weighted by Gasteiger charge is 2.18. The van der Waals surface area contributed by atoms with Crippen LogP contribution in [0.1, 0.15) is 12.5 Å². The van der Waals surface area contributed by atoms with E-state index in [2.05, 4.69) is 10.1 Å². The van der Waals surface area contributed by atoms with Gasteiger partial charge in [0, 0.05) is 12.1 Å². The maximum atomic E-state index is 13.5. The summed E-state index contributed by atoms with van der Waals surface area (Å²) in [6.45, 7) is -1.66. The topological polar surface area (TPSA) is 64.6 Å². The lowest BCUT2D eigenvalue weighted by Gasteiger charge is -2.12. The smallest absolute Gasteiger partial charge is 0.387 e. The van der Waals surface area contributed by atoms with Crippen LogP contribution in [0.5, 0.6) is 5.75 Å². The molecule has 2 aromatic rings. The van der Waals surface area contributed by atoms with Gasteiger partial charge in [-0.05, 0) is 42.8 Å². The van der Waals surface area contributed by atoms with Crippen LogP contribution in [0.2, 0.25) is 0 Å². The van der Waals surface area contributed by atoms with Gasteiger partial charge >= 0.3 is 12.6 Å². The highest BCUT2D eigenvalue weighted by molar-refractivity contribution is 5.96. The van der Waals surface area contributed by atoms with Gasteiger partial charge < -0.3 is 14.8 Å². The van der Waals surface area contributed by atoms with Crippen molar-refractivity contribution in [2.45, 2.75) is 19.6 Å². The van der Waals surface area contributed by atoms with E-state index in [1.54, 1.807) is 0 Å². The fourth-order valence-corrected chi connectivity index (χ4v) is 2.02. The van der Waals surface area contributed by atoms with Crippen LogP contribution in [0.15, 0.2) is 48.5 Å². The molecule has 1 N–H and O–H groups in total. The second-order valence-electron chi connectivity index (χ2n) is 5.47. The van der Waals surface area contributed by atoms with E-state index in [0.717, 1.165) is 18.2 Å². The molecule has 0 aliphatic heterocycles. The third-order valence-corrected chi connectivity index (χ3v) is 3.37. The maximum Gasteiger partial charge on any atom is 0.387 e. The van der Waals surface area contributed by atoms with Gasteiger partial charge in [0.15, 0.2) is 6.10 Å². The van der Waals surface area contributed by atoms with E-state index >= 15 is 0 Å². The molecule has 28 heavy (non-hydrogen) atoms. The fraction of sp³-hybridized carbons (Fsp3) is 0.158. The van der Waals surface area contributed by atoms with Crippen LogP contribution >= 0.6 is 0 Å². The average molecular weight is 397 g/mol. The Kier molecular flexibility index (Phi) is 7.14. The standard InChI is InChI=1S/C19H15F4NO4/c1-11(18(26)24-16-8-5-13(20)10-15(16)21)27-17(25)9-4-12-2-6-14(7-3-12)28-19(22)23/h2-11,19H,1H3,(H,24,26)/b9-4+/t11-/m0/s1. The van der Waals surface area contributed by atoms with Gasteiger partial charge in [-0.2, -0.15) is 8.78 Å². The van der Waals surface area contributed by atoms with Gasteiger partial charge in [-0.25, -0.2) is 13.6 Å². The minimum atomic E-state index is -2.94. The second-order valence-corrected chi connectivity index (χ2v) is 5.47. The molecule has 0 fully saturated rings.